The molecule has 1 unspecified atom stereocenters. The van der Waals surface area contributed by atoms with Gasteiger partial charge in [-0.3, -0.25) is 0 Å². The van der Waals surface area contributed by atoms with E-state index in [9.17, 15) is 0 Å². The topological polar surface area (TPSA) is 30.5 Å². The maximum atomic E-state index is 5.48. The van der Waals surface area contributed by atoms with Crippen molar-refractivity contribution in [1.29, 1.82) is 0 Å². The summed E-state index contributed by atoms with van der Waals surface area (Å²) in [5, 5.41) is 3.47. The highest BCUT2D eigenvalue weighted by atomic mass is 16.5. The van der Waals surface area contributed by atoms with Gasteiger partial charge in [0, 0.05) is 33.0 Å². The van der Waals surface area contributed by atoms with Gasteiger partial charge in [-0.2, -0.15) is 0 Å². The van der Waals surface area contributed by atoms with Crippen LogP contribution in [0.5, 0.6) is 0 Å². The molecule has 0 bridgehead atoms. The van der Waals surface area contributed by atoms with Crippen LogP contribution in [0.25, 0.3) is 0 Å². The van der Waals surface area contributed by atoms with Crippen molar-refractivity contribution in [3.63, 3.8) is 0 Å². The van der Waals surface area contributed by atoms with E-state index >= 15 is 0 Å². The third-order valence-electron chi connectivity index (χ3n) is 2.31. The van der Waals surface area contributed by atoms with E-state index in [1.165, 1.54) is 12.8 Å². The Bertz CT molecular complexity index is 120. The number of rotatable bonds is 11. The summed E-state index contributed by atoms with van der Waals surface area (Å²) < 4.78 is 10.4. The molecule has 0 spiro atoms. The van der Waals surface area contributed by atoms with E-state index in [1.54, 1.807) is 7.11 Å². The standard InChI is InChI=1S/C12H27NO2/c1-4-8-13-12(2)7-5-10-15-11-6-9-14-3/h12-13H,4-11H2,1-3H3. The fourth-order valence-corrected chi connectivity index (χ4v) is 1.39. The average molecular weight is 217 g/mol. The van der Waals surface area contributed by atoms with Crippen LogP contribution in [-0.2, 0) is 9.47 Å². The summed E-state index contributed by atoms with van der Waals surface area (Å²) >= 11 is 0. The van der Waals surface area contributed by atoms with Gasteiger partial charge in [0.05, 0.1) is 0 Å². The molecule has 3 nitrogen and oxygen atoms in total. The van der Waals surface area contributed by atoms with Crippen LogP contribution in [0.2, 0.25) is 0 Å². The molecule has 92 valence electrons. The number of nitrogens with one attached hydrogen (secondary N) is 1. The second kappa shape index (κ2) is 12.0. The Morgan fingerprint density at radius 1 is 1.13 bits per heavy atom. The SMILES string of the molecule is CCCNC(C)CCCOCCCOC. The van der Waals surface area contributed by atoms with Crippen molar-refractivity contribution in [2.24, 2.45) is 0 Å². The smallest absolute Gasteiger partial charge is 0.0487 e. The molecule has 0 aliphatic rings. The van der Waals surface area contributed by atoms with Crippen LogP contribution in [-0.4, -0.2) is 39.5 Å². The summed E-state index contributed by atoms with van der Waals surface area (Å²) in [5.74, 6) is 0. The monoisotopic (exact) mass is 217 g/mol. The molecule has 0 aliphatic heterocycles. The second-order valence-electron chi connectivity index (χ2n) is 3.96. The van der Waals surface area contributed by atoms with Crippen LogP contribution in [0.15, 0.2) is 0 Å². The van der Waals surface area contributed by atoms with Gasteiger partial charge in [-0.15, -0.1) is 0 Å². The van der Waals surface area contributed by atoms with Gasteiger partial charge < -0.3 is 14.8 Å². The first-order chi connectivity index (χ1) is 7.31. The van der Waals surface area contributed by atoms with Crippen molar-refractivity contribution >= 4 is 0 Å². The summed E-state index contributed by atoms with van der Waals surface area (Å²) in [7, 11) is 1.72. The van der Waals surface area contributed by atoms with E-state index in [4.69, 9.17) is 9.47 Å². The molecule has 0 rings (SSSR count). The highest BCUT2D eigenvalue weighted by Crippen LogP contribution is 1.97. The molecule has 3 heteroatoms. The predicted molar refractivity (Wildman–Crippen MR) is 64.3 cm³/mol. The van der Waals surface area contributed by atoms with Gasteiger partial charge in [0.15, 0.2) is 0 Å². The minimum Gasteiger partial charge on any atom is -0.385 e. The Labute approximate surface area is 94.5 Å². The third kappa shape index (κ3) is 11.8. The van der Waals surface area contributed by atoms with E-state index in [2.05, 4.69) is 19.2 Å². The molecule has 0 aromatic heterocycles. The quantitative estimate of drug-likeness (QED) is 0.538. The molecule has 1 atom stereocenters. The van der Waals surface area contributed by atoms with Gasteiger partial charge in [0.25, 0.3) is 0 Å². The van der Waals surface area contributed by atoms with Crippen molar-refractivity contribution < 1.29 is 9.47 Å². The first-order valence-electron chi connectivity index (χ1n) is 6.11. The van der Waals surface area contributed by atoms with Crippen molar-refractivity contribution in [2.75, 3.05) is 33.5 Å². The zero-order valence-corrected chi connectivity index (χ0v) is 10.6. The molecule has 0 aromatic carbocycles. The van der Waals surface area contributed by atoms with Gasteiger partial charge >= 0.3 is 0 Å². The molecular formula is C12H27NO2. The fourth-order valence-electron chi connectivity index (χ4n) is 1.39. The fraction of sp³-hybridized carbons (Fsp3) is 1.00. The lowest BCUT2D eigenvalue weighted by Crippen LogP contribution is -2.26. The maximum Gasteiger partial charge on any atom is 0.0487 e. The number of hydrogen-bond donors (Lipinski definition) is 1. The molecule has 1 N–H and O–H groups in total. The molecule has 0 aromatic rings. The molecule has 0 saturated heterocycles. The molecule has 15 heavy (non-hydrogen) atoms. The first kappa shape index (κ1) is 14.9. The summed E-state index contributed by atoms with van der Waals surface area (Å²) in [6.45, 7) is 8.05. The van der Waals surface area contributed by atoms with Crippen molar-refractivity contribution in [3.05, 3.63) is 0 Å². The number of methoxy groups -OCH3 is 1. The Balaban J connectivity index is 3.02. The molecule has 0 fully saturated rings. The molecule has 0 radical (unpaired) electrons. The van der Waals surface area contributed by atoms with Crippen LogP contribution in [0.3, 0.4) is 0 Å². The van der Waals surface area contributed by atoms with Gasteiger partial charge in [0.2, 0.25) is 0 Å². The lowest BCUT2D eigenvalue weighted by Gasteiger charge is -2.12. The van der Waals surface area contributed by atoms with Crippen LogP contribution < -0.4 is 5.32 Å². The highest BCUT2D eigenvalue weighted by Gasteiger charge is 1.99. The largest absolute Gasteiger partial charge is 0.385 e. The van der Waals surface area contributed by atoms with Gasteiger partial charge in [-0.1, -0.05) is 6.92 Å². The third-order valence-corrected chi connectivity index (χ3v) is 2.31. The van der Waals surface area contributed by atoms with Crippen LogP contribution in [0, 0.1) is 0 Å². The Morgan fingerprint density at radius 2 is 1.87 bits per heavy atom. The minimum absolute atomic E-state index is 0.618. The number of hydrogen-bond acceptors (Lipinski definition) is 3. The van der Waals surface area contributed by atoms with Gasteiger partial charge in [-0.05, 0) is 39.2 Å². The molecule has 0 saturated carbocycles. The van der Waals surface area contributed by atoms with E-state index in [1.807, 2.05) is 0 Å². The summed E-state index contributed by atoms with van der Waals surface area (Å²) in [6.07, 6.45) is 4.55. The first-order valence-corrected chi connectivity index (χ1v) is 6.11. The summed E-state index contributed by atoms with van der Waals surface area (Å²) in [4.78, 5) is 0. The zero-order valence-electron chi connectivity index (χ0n) is 10.6. The Morgan fingerprint density at radius 3 is 2.53 bits per heavy atom. The summed E-state index contributed by atoms with van der Waals surface area (Å²) in [5.41, 5.74) is 0. The Kier molecular flexibility index (Phi) is 11.9. The van der Waals surface area contributed by atoms with Crippen molar-refractivity contribution in [2.45, 2.75) is 45.6 Å². The minimum atomic E-state index is 0.618. The Hall–Kier alpha value is -0.120. The van der Waals surface area contributed by atoms with E-state index in [0.29, 0.717) is 6.04 Å². The highest BCUT2D eigenvalue weighted by molar-refractivity contribution is 4.59. The van der Waals surface area contributed by atoms with E-state index < -0.39 is 0 Å². The maximum absolute atomic E-state index is 5.48. The zero-order chi connectivity index (χ0) is 11.4. The predicted octanol–water partition coefficient (Wildman–Crippen LogP) is 2.21. The van der Waals surface area contributed by atoms with Gasteiger partial charge in [-0.25, -0.2) is 0 Å². The van der Waals surface area contributed by atoms with Gasteiger partial charge in [0.1, 0.15) is 0 Å². The normalized spacial score (nSPS) is 13.0. The average Bonchev–Trinajstić information content (AvgIpc) is 2.25. The molecule has 0 amide bonds. The van der Waals surface area contributed by atoms with Crippen molar-refractivity contribution in [3.8, 4) is 0 Å². The second-order valence-corrected chi connectivity index (χ2v) is 3.96. The van der Waals surface area contributed by atoms with Crippen molar-refractivity contribution in [1.82, 2.24) is 5.32 Å². The summed E-state index contributed by atoms with van der Waals surface area (Å²) in [6, 6.07) is 0.618. The van der Waals surface area contributed by atoms with Crippen LogP contribution in [0.1, 0.15) is 39.5 Å². The molecule has 0 heterocycles. The van der Waals surface area contributed by atoms with E-state index in [-0.39, 0.29) is 0 Å². The molecule has 0 aliphatic carbocycles. The van der Waals surface area contributed by atoms with E-state index in [0.717, 1.165) is 39.2 Å². The number of ether oxygens (including phenoxy) is 2. The lowest BCUT2D eigenvalue weighted by atomic mass is 10.2. The van der Waals surface area contributed by atoms with Crippen LogP contribution in [0.4, 0.5) is 0 Å². The van der Waals surface area contributed by atoms with Crippen LogP contribution >= 0.6 is 0 Å². The molecular weight excluding hydrogens is 190 g/mol. The lowest BCUT2D eigenvalue weighted by molar-refractivity contribution is 0.0993.